The van der Waals surface area contributed by atoms with Gasteiger partial charge in [0.2, 0.25) is 0 Å². The Balaban J connectivity index is 2.53. The van der Waals surface area contributed by atoms with Gasteiger partial charge in [0.25, 0.3) is 0 Å². The summed E-state index contributed by atoms with van der Waals surface area (Å²) in [5.74, 6) is 0.662. The smallest absolute Gasteiger partial charge is 0.0568 e. The summed E-state index contributed by atoms with van der Waals surface area (Å²) in [5, 5.41) is 4.49. The van der Waals surface area contributed by atoms with E-state index in [2.05, 4.69) is 65.0 Å². The Bertz CT molecular complexity index is 591. The molecule has 0 radical (unpaired) electrons. The van der Waals surface area contributed by atoms with Crippen LogP contribution in [0.4, 0.5) is 0 Å². The Morgan fingerprint density at radius 1 is 1.10 bits per heavy atom. The van der Waals surface area contributed by atoms with Crippen molar-refractivity contribution >= 4 is 0 Å². The molecule has 0 unspecified atom stereocenters. The highest BCUT2D eigenvalue weighted by molar-refractivity contribution is 5.70. The fourth-order valence-corrected chi connectivity index (χ4v) is 2.82. The monoisotopic (exact) mass is 270 g/mol. The normalized spacial score (nSPS) is 11.6. The second-order valence-electron chi connectivity index (χ2n) is 6.52. The molecule has 1 aromatic heterocycles. The lowest BCUT2D eigenvalue weighted by Crippen LogP contribution is -2.01. The molecule has 2 aromatic rings. The van der Waals surface area contributed by atoms with Crippen LogP contribution in [-0.4, -0.2) is 9.78 Å². The fraction of sp³-hybridized carbons (Fsp3) is 0.500. The maximum absolute atomic E-state index is 4.49. The van der Waals surface area contributed by atoms with E-state index in [1.165, 1.54) is 27.8 Å². The molecular weight excluding hydrogens is 244 g/mol. The second-order valence-corrected chi connectivity index (χ2v) is 6.52. The number of hydrogen-bond acceptors (Lipinski definition) is 1. The molecule has 1 aromatic carbocycles. The summed E-state index contributed by atoms with van der Waals surface area (Å²) in [6.45, 7) is 13.3. The number of hydrogen-bond donors (Lipinski definition) is 0. The summed E-state index contributed by atoms with van der Waals surface area (Å²) in [5.41, 5.74) is 6.76. The van der Waals surface area contributed by atoms with Crippen molar-refractivity contribution in [3.05, 3.63) is 41.2 Å². The molecule has 20 heavy (non-hydrogen) atoms. The molecule has 0 fully saturated rings. The van der Waals surface area contributed by atoms with Crippen LogP contribution in [0.2, 0.25) is 0 Å². The van der Waals surface area contributed by atoms with Crippen molar-refractivity contribution in [2.45, 2.75) is 54.0 Å². The van der Waals surface area contributed by atoms with E-state index >= 15 is 0 Å². The van der Waals surface area contributed by atoms with E-state index in [0.717, 1.165) is 6.42 Å². The predicted octanol–water partition coefficient (Wildman–Crippen LogP) is 4.95. The van der Waals surface area contributed by atoms with E-state index in [0.29, 0.717) is 12.0 Å². The van der Waals surface area contributed by atoms with Crippen molar-refractivity contribution in [2.75, 3.05) is 0 Å². The largest absolute Gasteiger partial charge is 0.270 e. The summed E-state index contributed by atoms with van der Waals surface area (Å²) >= 11 is 0. The SMILES string of the molecule is Cc1cc(C)c(-c2cnn(C(C)C)c2)c(CC(C)C)c1. The lowest BCUT2D eigenvalue weighted by atomic mass is 9.90. The van der Waals surface area contributed by atoms with Crippen LogP contribution >= 0.6 is 0 Å². The Morgan fingerprint density at radius 2 is 1.80 bits per heavy atom. The van der Waals surface area contributed by atoms with Gasteiger partial charge in [0.1, 0.15) is 0 Å². The summed E-state index contributed by atoms with van der Waals surface area (Å²) < 4.78 is 2.04. The van der Waals surface area contributed by atoms with Crippen LogP contribution in [0, 0.1) is 19.8 Å². The fourth-order valence-electron chi connectivity index (χ4n) is 2.82. The first-order valence-corrected chi connectivity index (χ1v) is 7.53. The minimum absolute atomic E-state index is 0.406. The van der Waals surface area contributed by atoms with Crippen molar-refractivity contribution < 1.29 is 0 Å². The highest BCUT2D eigenvalue weighted by Crippen LogP contribution is 2.30. The molecule has 0 saturated heterocycles. The number of rotatable bonds is 4. The molecule has 0 aliphatic carbocycles. The molecule has 0 aliphatic heterocycles. The Morgan fingerprint density at radius 3 is 2.35 bits per heavy atom. The van der Waals surface area contributed by atoms with Gasteiger partial charge in [0, 0.05) is 17.8 Å². The number of aryl methyl sites for hydroxylation is 2. The molecule has 0 saturated carbocycles. The highest BCUT2D eigenvalue weighted by Gasteiger charge is 2.13. The van der Waals surface area contributed by atoms with E-state index in [4.69, 9.17) is 0 Å². The molecule has 2 heteroatoms. The second kappa shape index (κ2) is 5.82. The van der Waals surface area contributed by atoms with Crippen molar-refractivity contribution in [3.8, 4) is 11.1 Å². The average Bonchev–Trinajstić information content (AvgIpc) is 2.76. The maximum atomic E-state index is 4.49. The van der Waals surface area contributed by atoms with Crippen molar-refractivity contribution in [2.24, 2.45) is 5.92 Å². The Labute approximate surface area is 122 Å². The standard InChI is InChI=1S/C18H26N2/c1-12(2)7-16-9-14(5)8-15(6)18(16)17-10-19-20(11-17)13(3)4/h8-13H,7H2,1-6H3. The number of aromatic nitrogens is 2. The van der Waals surface area contributed by atoms with E-state index in [9.17, 15) is 0 Å². The lowest BCUT2D eigenvalue weighted by molar-refractivity contribution is 0.532. The first-order chi connectivity index (χ1) is 9.38. The van der Waals surface area contributed by atoms with Gasteiger partial charge >= 0.3 is 0 Å². The van der Waals surface area contributed by atoms with Crippen molar-refractivity contribution in [1.29, 1.82) is 0 Å². The van der Waals surface area contributed by atoms with Gasteiger partial charge in [0.15, 0.2) is 0 Å². The van der Waals surface area contributed by atoms with Gasteiger partial charge < -0.3 is 0 Å². The molecular formula is C18H26N2. The molecule has 0 amide bonds. The van der Waals surface area contributed by atoms with Gasteiger partial charge in [-0.15, -0.1) is 0 Å². The Hall–Kier alpha value is -1.57. The van der Waals surface area contributed by atoms with Crippen LogP contribution in [0.15, 0.2) is 24.5 Å². The van der Waals surface area contributed by atoms with Gasteiger partial charge in [-0.25, -0.2) is 0 Å². The molecule has 1 heterocycles. The first-order valence-electron chi connectivity index (χ1n) is 7.53. The molecule has 2 nitrogen and oxygen atoms in total. The number of benzene rings is 1. The van der Waals surface area contributed by atoms with E-state index < -0.39 is 0 Å². The molecule has 0 spiro atoms. The number of nitrogens with zero attached hydrogens (tertiary/aromatic N) is 2. The summed E-state index contributed by atoms with van der Waals surface area (Å²) in [7, 11) is 0. The zero-order valence-corrected chi connectivity index (χ0v) is 13.6. The van der Waals surface area contributed by atoms with Gasteiger partial charge in [-0.05, 0) is 56.7 Å². The van der Waals surface area contributed by atoms with E-state index in [1.807, 2.05) is 10.9 Å². The third-order valence-corrected chi connectivity index (χ3v) is 3.61. The van der Waals surface area contributed by atoms with E-state index in [1.54, 1.807) is 0 Å². The van der Waals surface area contributed by atoms with Crippen LogP contribution < -0.4 is 0 Å². The summed E-state index contributed by atoms with van der Waals surface area (Å²) in [6.07, 6.45) is 5.29. The molecule has 0 atom stereocenters. The average molecular weight is 270 g/mol. The predicted molar refractivity (Wildman–Crippen MR) is 86.1 cm³/mol. The lowest BCUT2D eigenvalue weighted by Gasteiger charge is -2.15. The Kier molecular flexibility index (Phi) is 4.32. The minimum atomic E-state index is 0.406. The van der Waals surface area contributed by atoms with Crippen molar-refractivity contribution in [1.82, 2.24) is 9.78 Å². The minimum Gasteiger partial charge on any atom is -0.270 e. The van der Waals surface area contributed by atoms with Gasteiger partial charge in [-0.2, -0.15) is 5.10 Å². The van der Waals surface area contributed by atoms with Crippen LogP contribution in [0.3, 0.4) is 0 Å². The van der Waals surface area contributed by atoms with Gasteiger partial charge in [0.05, 0.1) is 6.20 Å². The molecule has 0 aliphatic rings. The maximum Gasteiger partial charge on any atom is 0.0568 e. The van der Waals surface area contributed by atoms with Crippen molar-refractivity contribution in [3.63, 3.8) is 0 Å². The van der Waals surface area contributed by atoms with E-state index in [-0.39, 0.29) is 0 Å². The van der Waals surface area contributed by atoms with Crippen LogP contribution in [0.5, 0.6) is 0 Å². The zero-order valence-electron chi connectivity index (χ0n) is 13.6. The van der Waals surface area contributed by atoms with Crippen LogP contribution in [0.1, 0.15) is 50.4 Å². The summed E-state index contributed by atoms with van der Waals surface area (Å²) in [6, 6.07) is 5.00. The quantitative estimate of drug-likeness (QED) is 0.769. The van der Waals surface area contributed by atoms with Gasteiger partial charge in [-0.1, -0.05) is 31.5 Å². The topological polar surface area (TPSA) is 17.8 Å². The third-order valence-electron chi connectivity index (χ3n) is 3.61. The zero-order chi connectivity index (χ0) is 14.9. The molecule has 0 N–H and O–H groups in total. The van der Waals surface area contributed by atoms with Crippen LogP contribution in [-0.2, 0) is 6.42 Å². The third kappa shape index (κ3) is 3.12. The molecule has 0 bridgehead atoms. The molecule has 2 rings (SSSR count). The highest BCUT2D eigenvalue weighted by atomic mass is 15.3. The summed E-state index contributed by atoms with van der Waals surface area (Å²) in [4.78, 5) is 0. The first kappa shape index (κ1) is 14.8. The van der Waals surface area contributed by atoms with Crippen LogP contribution in [0.25, 0.3) is 11.1 Å². The van der Waals surface area contributed by atoms with Gasteiger partial charge in [-0.3, -0.25) is 4.68 Å². The molecule has 108 valence electrons.